The molecule has 2 rings (SSSR count). The Kier molecular flexibility index (Phi) is 3.28. The smallest absolute Gasteiger partial charge is 0.255 e. The molecular weight excluding hydrogens is 240 g/mol. The predicted molar refractivity (Wildman–Crippen MR) is 65.2 cm³/mol. The fourth-order valence-electron chi connectivity index (χ4n) is 1.62. The van der Waals surface area contributed by atoms with Gasteiger partial charge in [0.2, 0.25) is 0 Å². The summed E-state index contributed by atoms with van der Waals surface area (Å²) in [7, 11) is 0. The van der Waals surface area contributed by atoms with E-state index in [2.05, 4.69) is 23.8 Å². The van der Waals surface area contributed by atoms with E-state index < -0.39 is 0 Å². The molecule has 90 valence electrons. The molecule has 0 spiro atoms. The fourth-order valence-corrected chi connectivity index (χ4v) is 1.75. The van der Waals surface area contributed by atoms with Crippen molar-refractivity contribution in [3.63, 3.8) is 0 Å². The molecule has 2 heterocycles. The molecule has 0 radical (unpaired) electrons. The molecule has 0 fully saturated rings. The number of imidazole rings is 1. The maximum absolute atomic E-state index is 11.7. The summed E-state index contributed by atoms with van der Waals surface area (Å²) in [5, 5.41) is 0.212. The molecule has 0 N–H and O–H groups in total. The van der Waals surface area contributed by atoms with Crippen LogP contribution >= 0.6 is 11.6 Å². The second-order valence-electron chi connectivity index (χ2n) is 4.06. The van der Waals surface area contributed by atoms with Crippen molar-refractivity contribution in [3.8, 4) is 0 Å². The lowest BCUT2D eigenvalue weighted by atomic mass is 10.3. The molecule has 0 aliphatic carbocycles. The first-order valence-corrected chi connectivity index (χ1v) is 5.68. The van der Waals surface area contributed by atoms with Crippen molar-refractivity contribution in [3.05, 3.63) is 46.1 Å². The second kappa shape index (κ2) is 4.71. The average molecular weight is 253 g/mol. The third-order valence-electron chi connectivity index (χ3n) is 2.48. The summed E-state index contributed by atoms with van der Waals surface area (Å²) in [5.74, 6) is 0. The molecule has 0 saturated heterocycles. The molecule has 0 aliphatic heterocycles. The largest absolute Gasteiger partial charge is 0.330 e. The number of hydrogen-bond donors (Lipinski definition) is 0. The van der Waals surface area contributed by atoms with Gasteiger partial charge in [-0.15, -0.1) is 0 Å². The Labute approximate surface area is 104 Å². The third-order valence-corrected chi connectivity index (χ3v) is 2.69. The lowest BCUT2D eigenvalue weighted by Gasteiger charge is -2.12. The van der Waals surface area contributed by atoms with Gasteiger partial charge in [0.25, 0.3) is 5.56 Å². The number of halogens is 1. The second-order valence-corrected chi connectivity index (χ2v) is 4.45. The summed E-state index contributed by atoms with van der Waals surface area (Å²) in [4.78, 5) is 19.6. The Hall–Kier alpha value is -1.62. The van der Waals surface area contributed by atoms with Crippen LogP contribution < -0.4 is 5.56 Å². The third kappa shape index (κ3) is 2.55. The first kappa shape index (κ1) is 11.9. The number of aromatic nitrogens is 4. The van der Waals surface area contributed by atoms with E-state index in [9.17, 15) is 4.79 Å². The molecule has 0 atom stereocenters. The highest BCUT2D eigenvalue weighted by atomic mass is 35.5. The summed E-state index contributed by atoms with van der Waals surface area (Å²) in [6.45, 7) is 4.57. The molecule has 0 aliphatic rings. The quantitative estimate of drug-likeness (QED) is 0.782. The van der Waals surface area contributed by atoms with Crippen molar-refractivity contribution >= 4 is 11.6 Å². The van der Waals surface area contributed by atoms with E-state index >= 15 is 0 Å². The lowest BCUT2D eigenvalue weighted by Crippen LogP contribution is -2.21. The highest BCUT2D eigenvalue weighted by Crippen LogP contribution is 2.09. The van der Waals surface area contributed by atoms with Crippen molar-refractivity contribution in [1.82, 2.24) is 19.1 Å². The van der Waals surface area contributed by atoms with Crippen LogP contribution in [0, 0.1) is 0 Å². The maximum atomic E-state index is 11.7. The van der Waals surface area contributed by atoms with E-state index in [0.29, 0.717) is 12.6 Å². The summed E-state index contributed by atoms with van der Waals surface area (Å²) >= 11 is 5.64. The van der Waals surface area contributed by atoms with Gasteiger partial charge in [-0.25, -0.2) is 9.97 Å². The van der Waals surface area contributed by atoms with E-state index in [1.165, 1.54) is 17.0 Å². The summed E-state index contributed by atoms with van der Waals surface area (Å²) in [6, 6.07) is 1.61. The summed E-state index contributed by atoms with van der Waals surface area (Å²) < 4.78 is 3.52. The van der Waals surface area contributed by atoms with Crippen molar-refractivity contribution < 1.29 is 0 Å². The molecular formula is C11H13ClN4O. The minimum absolute atomic E-state index is 0.165. The fraction of sp³-hybridized carbons (Fsp3) is 0.364. The molecule has 0 aromatic carbocycles. The van der Waals surface area contributed by atoms with E-state index in [1.54, 1.807) is 12.5 Å². The highest BCUT2D eigenvalue weighted by Gasteiger charge is 2.07. The summed E-state index contributed by atoms with van der Waals surface area (Å²) in [5.41, 5.74) is 0.799. The zero-order chi connectivity index (χ0) is 12.4. The van der Waals surface area contributed by atoms with Crippen LogP contribution in [0.2, 0.25) is 5.15 Å². The van der Waals surface area contributed by atoms with Crippen molar-refractivity contribution in [1.29, 1.82) is 0 Å². The van der Waals surface area contributed by atoms with Gasteiger partial charge >= 0.3 is 0 Å². The average Bonchev–Trinajstić information content (AvgIpc) is 2.70. The zero-order valence-electron chi connectivity index (χ0n) is 9.67. The SMILES string of the molecule is CC(C)n1cncc1Cn1cnc(Cl)cc1=O. The Morgan fingerprint density at radius 2 is 2.18 bits per heavy atom. The first-order chi connectivity index (χ1) is 8.08. The standard InChI is InChI=1S/C11H13ClN4O/c1-8(2)16-6-13-4-9(16)5-15-7-14-10(12)3-11(15)17/h3-4,6-8H,5H2,1-2H3. The molecule has 0 amide bonds. The van der Waals surface area contributed by atoms with Gasteiger partial charge in [0.1, 0.15) is 5.15 Å². The van der Waals surface area contributed by atoms with Gasteiger partial charge in [0, 0.05) is 18.3 Å². The Balaban J connectivity index is 2.32. The van der Waals surface area contributed by atoms with Gasteiger partial charge in [-0.2, -0.15) is 0 Å². The molecule has 0 bridgehead atoms. The zero-order valence-corrected chi connectivity index (χ0v) is 10.4. The van der Waals surface area contributed by atoms with Gasteiger partial charge < -0.3 is 4.57 Å². The lowest BCUT2D eigenvalue weighted by molar-refractivity contribution is 0.556. The van der Waals surface area contributed by atoms with Crippen LogP contribution in [0.1, 0.15) is 25.6 Å². The van der Waals surface area contributed by atoms with Crippen LogP contribution in [0.4, 0.5) is 0 Å². The normalized spacial score (nSPS) is 11.1. The summed E-state index contributed by atoms with van der Waals surface area (Å²) in [6.07, 6.45) is 4.96. The molecule has 2 aromatic rings. The van der Waals surface area contributed by atoms with E-state index in [0.717, 1.165) is 5.69 Å². The van der Waals surface area contributed by atoms with Gasteiger partial charge in [0.05, 0.1) is 24.9 Å². The number of hydrogen-bond acceptors (Lipinski definition) is 3. The monoisotopic (exact) mass is 252 g/mol. The van der Waals surface area contributed by atoms with E-state index in [-0.39, 0.29) is 10.7 Å². The topological polar surface area (TPSA) is 52.7 Å². The van der Waals surface area contributed by atoms with Crippen molar-refractivity contribution in [2.45, 2.75) is 26.4 Å². The van der Waals surface area contributed by atoms with Crippen LogP contribution in [0.25, 0.3) is 0 Å². The van der Waals surface area contributed by atoms with Gasteiger partial charge in [-0.1, -0.05) is 11.6 Å². The molecule has 5 nitrogen and oxygen atoms in total. The van der Waals surface area contributed by atoms with Crippen molar-refractivity contribution in [2.24, 2.45) is 0 Å². The van der Waals surface area contributed by atoms with Crippen molar-refractivity contribution in [2.75, 3.05) is 0 Å². The van der Waals surface area contributed by atoms with Crippen LogP contribution in [0.15, 0.2) is 29.7 Å². The Morgan fingerprint density at radius 3 is 2.82 bits per heavy atom. The Morgan fingerprint density at radius 1 is 1.41 bits per heavy atom. The molecule has 0 unspecified atom stereocenters. The predicted octanol–water partition coefficient (Wildman–Crippen LogP) is 1.72. The minimum atomic E-state index is -0.165. The maximum Gasteiger partial charge on any atom is 0.255 e. The van der Waals surface area contributed by atoms with Gasteiger partial charge in [0.15, 0.2) is 0 Å². The molecule has 6 heteroatoms. The van der Waals surface area contributed by atoms with Crippen LogP contribution in [0.3, 0.4) is 0 Å². The van der Waals surface area contributed by atoms with E-state index in [1.807, 2.05) is 4.57 Å². The number of nitrogens with zero attached hydrogens (tertiary/aromatic N) is 4. The molecule has 17 heavy (non-hydrogen) atoms. The highest BCUT2D eigenvalue weighted by molar-refractivity contribution is 6.29. The van der Waals surface area contributed by atoms with Crippen LogP contribution in [-0.2, 0) is 6.54 Å². The minimum Gasteiger partial charge on any atom is -0.330 e. The van der Waals surface area contributed by atoms with Crippen LogP contribution in [-0.4, -0.2) is 19.1 Å². The van der Waals surface area contributed by atoms with Gasteiger partial charge in [-0.3, -0.25) is 9.36 Å². The van der Waals surface area contributed by atoms with Crippen LogP contribution in [0.5, 0.6) is 0 Å². The Bertz CT molecular complexity index is 573. The van der Waals surface area contributed by atoms with E-state index in [4.69, 9.17) is 11.6 Å². The molecule has 2 aromatic heterocycles. The number of rotatable bonds is 3. The van der Waals surface area contributed by atoms with Gasteiger partial charge in [-0.05, 0) is 13.8 Å². The first-order valence-electron chi connectivity index (χ1n) is 5.30. The molecule has 0 saturated carbocycles.